The number of hydrogen-bond acceptors (Lipinski definition) is 4. The van der Waals surface area contributed by atoms with Crippen LogP contribution in [0, 0.1) is 5.82 Å². The zero-order chi connectivity index (χ0) is 17.5. The van der Waals surface area contributed by atoms with Gasteiger partial charge < -0.3 is 24.8 Å². The van der Waals surface area contributed by atoms with Crippen molar-refractivity contribution in [2.24, 2.45) is 4.99 Å². The maximum atomic E-state index is 12.9. The molecule has 0 radical (unpaired) electrons. The Bertz CT molecular complexity index is 735. The van der Waals surface area contributed by atoms with Gasteiger partial charge in [0.1, 0.15) is 18.2 Å². The van der Waals surface area contributed by atoms with Crippen molar-refractivity contribution in [3.8, 4) is 17.2 Å². The third kappa shape index (κ3) is 4.76. The highest BCUT2D eigenvalue weighted by molar-refractivity contribution is 5.79. The summed E-state index contributed by atoms with van der Waals surface area (Å²) >= 11 is 0. The molecule has 0 saturated heterocycles. The molecular weight excluding hydrogens is 325 g/mol. The Labute approximate surface area is 145 Å². The van der Waals surface area contributed by atoms with Gasteiger partial charge in [-0.05, 0) is 29.8 Å². The molecule has 3 rings (SSSR count). The van der Waals surface area contributed by atoms with Crippen LogP contribution < -0.4 is 24.8 Å². The molecule has 25 heavy (non-hydrogen) atoms. The fourth-order valence-corrected chi connectivity index (χ4v) is 2.31. The van der Waals surface area contributed by atoms with Crippen LogP contribution in [0.1, 0.15) is 5.56 Å². The Balaban J connectivity index is 1.39. The zero-order valence-corrected chi connectivity index (χ0v) is 13.9. The number of benzene rings is 2. The van der Waals surface area contributed by atoms with E-state index in [-0.39, 0.29) is 12.6 Å². The fraction of sp³-hybridized carbons (Fsp3) is 0.278. The van der Waals surface area contributed by atoms with E-state index in [4.69, 9.17) is 14.2 Å². The van der Waals surface area contributed by atoms with Crippen LogP contribution >= 0.6 is 0 Å². The van der Waals surface area contributed by atoms with E-state index >= 15 is 0 Å². The molecule has 0 aromatic heterocycles. The molecule has 0 unspecified atom stereocenters. The Kier molecular flexibility index (Phi) is 5.56. The van der Waals surface area contributed by atoms with Crippen LogP contribution in [-0.2, 0) is 6.54 Å². The van der Waals surface area contributed by atoms with Crippen LogP contribution in [0.2, 0.25) is 0 Å². The van der Waals surface area contributed by atoms with E-state index in [0.717, 1.165) is 17.1 Å². The van der Waals surface area contributed by atoms with Crippen molar-refractivity contribution < 1.29 is 18.6 Å². The standard InChI is InChI=1S/C18H20FN3O3/c1-20-18(22-11-13-2-4-14(19)5-3-13)21-8-9-23-15-6-7-16-17(10-15)25-12-24-16/h2-7,10H,8-9,11-12H2,1H3,(H2,20,21,22). The lowest BCUT2D eigenvalue weighted by Gasteiger charge is -2.12. The second-order valence-electron chi connectivity index (χ2n) is 5.34. The van der Waals surface area contributed by atoms with Crippen molar-refractivity contribution >= 4 is 5.96 Å². The summed E-state index contributed by atoms with van der Waals surface area (Å²) in [6.45, 7) is 1.85. The lowest BCUT2D eigenvalue weighted by Crippen LogP contribution is -2.38. The molecule has 7 heteroatoms. The normalized spacial score (nSPS) is 12.8. The SMILES string of the molecule is CN=C(NCCOc1ccc2c(c1)OCO2)NCc1ccc(F)cc1. The predicted molar refractivity (Wildman–Crippen MR) is 92.7 cm³/mol. The molecule has 2 aromatic rings. The van der Waals surface area contributed by atoms with Gasteiger partial charge in [0.15, 0.2) is 17.5 Å². The third-order valence-electron chi connectivity index (χ3n) is 3.60. The largest absolute Gasteiger partial charge is 0.492 e. The topological polar surface area (TPSA) is 64.1 Å². The lowest BCUT2D eigenvalue weighted by molar-refractivity contribution is 0.173. The molecule has 0 saturated carbocycles. The van der Waals surface area contributed by atoms with Crippen LogP contribution in [0.15, 0.2) is 47.5 Å². The van der Waals surface area contributed by atoms with E-state index in [1.807, 2.05) is 18.2 Å². The van der Waals surface area contributed by atoms with Gasteiger partial charge in [0.25, 0.3) is 0 Å². The molecule has 0 spiro atoms. The molecule has 1 heterocycles. The first-order valence-electron chi connectivity index (χ1n) is 7.96. The first kappa shape index (κ1) is 16.9. The quantitative estimate of drug-likeness (QED) is 0.478. The molecule has 0 atom stereocenters. The van der Waals surface area contributed by atoms with Gasteiger partial charge in [0.2, 0.25) is 6.79 Å². The summed E-state index contributed by atoms with van der Waals surface area (Å²) < 4.78 is 29.1. The summed E-state index contributed by atoms with van der Waals surface area (Å²) in [4.78, 5) is 4.14. The Morgan fingerprint density at radius 2 is 1.92 bits per heavy atom. The van der Waals surface area contributed by atoms with E-state index in [1.54, 1.807) is 19.2 Å². The fourth-order valence-electron chi connectivity index (χ4n) is 2.31. The minimum Gasteiger partial charge on any atom is -0.492 e. The molecule has 6 nitrogen and oxygen atoms in total. The van der Waals surface area contributed by atoms with Crippen LogP contribution in [0.25, 0.3) is 0 Å². The second kappa shape index (κ2) is 8.23. The van der Waals surface area contributed by atoms with Crippen molar-refractivity contribution in [3.05, 3.63) is 53.8 Å². The minimum absolute atomic E-state index is 0.244. The van der Waals surface area contributed by atoms with Crippen LogP contribution in [-0.4, -0.2) is 33.0 Å². The first-order chi connectivity index (χ1) is 12.2. The van der Waals surface area contributed by atoms with Gasteiger partial charge in [-0.1, -0.05) is 12.1 Å². The van der Waals surface area contributed by atoms with E-state index < -0.39 is 0 Å². The van der Waals surface area contributed by atoms with Gasteiger partial charge in [-0.2, -0.15) is 0 Å². The average Bonchev–Trinajstić information content (AvgIpc) is 3.10. The van der Waals surface area contributed by atoms with Crippen molar-refractivity contribution in [1.29, 1.82) is 0 Å². The van der Waals surface area contributed by atoms with E-state index in [1.165, 1.54) is 12.1 Å². The molecule has 1 aliphatic rings. The third-order valence-corrected chi connectivity index (χ3v) is 3.60. The Morgan fingerprint density at radius 3 is 2.72 bits per heavy atom. The van der Waals surface area contributed by atoms with Gasteiger partial charge in [-0.15, -0.1) is 0 Å². The molecule has 0 amide bonds. The average molecular weight is 345 g/mol. The summed E-state index contributed by atoms with van der Waals surface area (Å²) in [5.74, 6) is 2.56. The first-order valence-corrected chi connectivity index (χ1v) is 7.96. The van der Waals surface area contributed by atoms with Gasteiger partial charge in [0, 0.05) is 19.7 Å². The smallest absolute Gasteiger partial charge is 0.231 e. The molecule has 0 bridgehead atoms. The molecule has 0 fully saturated rings. The highest BCUT2D eigenvalue weighted by atomic mass is 19.1. The number of halogens is 1. The van der Waals surface area contributed by atoms with Crippen LogP contribution in [0.4, 0.5) is 4.39 Å². The number of guanidine groups is 1. The maximum Gasteiger partial charge on any atom is 0.231 e. The van der Waals surface area contributed by atoms with E-state index in [0.29, 0.717) is 31.4 Å². The molecule has 1 aliphatic heterocycles. The second-order valence-corrected chi connectivity index (χ2v) is 5.34. The number of nitrogens with one attached hydrogen (secondary N) is 2. The number of hydrogen-bond donors (Lipinski definition) is 2. The highest BCUT2D eigenvalue weighted by Crippen LogP contribution is 2.34. The molecule has 2 N–H and O–H groups in total. The number of ether oxygens (including phenoxy) is 3. The summed E-state index contributed by atoms with van der Waals surface area (Å²) in [5.41, 5.74) is 0.973. The monoisotopic (exact) mass is 345 g/mol. The zero-order valence-electron chi connectivity index (χ0n) is 13.9. The molecule has 132 valence electrons. The van der Waals surface area contributed by atoms with Crippen molar-refractivity contribution in [2.45, 2.75) is 6.54 Å². The number of rotatable bonds is 6. The minimum atomic E-state index is -0.244. The maximum absolute atomic E-state index is 12.9. The Hall–Kier alpha value is -2.96. The summed E-state index contributed by atoms with van der Waals surface area (Å²) in [6.07, 6.45) is 0. The lowest BCUT2D eigenvalue weighted by atomic mass is 10.2. The van der Waals surface area contributed by atoms with E-state index in [9.17, 15) is 4.39 Å². The molecule has 0 aliphatic carbocycles. The number of aliphatic imine (C=N–C) groups is 1. The summed E-state index contributed by atoms with van der Waals surface area (Å²) in [6, 6.07) is 11.8. The molecular formula is C18H20FN3O3. The van der Waals surface area contributed by atoms with Gasteiger partial charge >= 0.3 is 0 Å². The summed E-state index contributed by atoms with van der Waals surface area (Å²) in [5, 5.41) is 6.32. The molecule has 2 aromatic carbocycles. The van der Waals surface area contributed by atoms with Gasteiger partial charge in [-0.3, -0.25) is 4.99 Å². The van der Waals surface area contributed by atoms with Crippen molar-refractivity contribution in [3.63, 3.8) is 0 Å². The van der Waals surface area contributed by atoms with Crippen molar-refractivity contribution in [1.82, 2.24) is 10.6 Å². The number of nitrogens with zero attached hydrogens (tertiary/aromatic N) is 1. The highest BCUT2D eigenvalue weighted by Gasteiger charge is 2.13. The van der Waals surface area contributed by atoms with Gasteiger partial charge in [-0.25, -0.2) is 4.39 Å². The number of fused-ring (bicyclic) bond motifs is 1. The van der Waals surface area contributed by atoms with Gasteiger partial charge in [0.05, 0.1) is 6.54 Å². The van der Waals surface area contributed by atoms with Crippen LogP contribution in [0.5, 0.6) is 17.2 Å². The summed E-state index contributed by atoms with van der Waals surface area (Å²) in [7, 11) is 1.69. The Morgan fingerprint density at radius 1 is 1.12 bits per heavy atom. The van der Waals surface area contributed by atoms with Crippen LogP contribution in [0.3, 0.4) is 0 Å². The van der Waals surface area contributed by atoms with Crippen molar-refractivity contribution in [2.75, 3.05) is 27.0 Å². The predicted octanol–water partition coefficient (Wildman–Crippen LogP) is 2.30. The van der Waals surface area contributed by atoms with E-state index in [2.05, 4.69) is 15.6 Å².